The van der Waals surface area contributed by atoms with Crippen molar-refractivity contribution in [2.75, 3.05) is 0 Å². The molecular formula is C67H38N4O3. The SMILES string of the molecule is c1ccc(-c2cccc3c2c2cc4ccccc4cc2n3-c2ccc(-c3nc(-c4cccc5oc6ccccc6c45)nc(-c4cccc5oc6ccccc6c45)n3)cc2-c2cccc3oc4ccccc4c23)cc1. The molecule has 11 aromatic carbocycles. The highest BCUT2D eigenvalue weighted by Gasteiger charge is 2.25. The van der Waals surface area contributed by atoms with E-state index in [4.69, 9.17) is 28.2 Å². The highest BCUT2D eigenvalue weighted by molar-refractivity contribution is 6.20. The third-order valence-corrected chi connectivity index (χ3v) is 14.9. The predicted molar refractivity (Wildman–Crippen MR) is 301 cm³/mol. The molecule has 0 spiro atoms. The summed E-state index contributed by atoms with van der Waals surface area (Å²) in [6, 6.07) is 80.5. The zero-order valence-electron chi connectivity index (χ0n) is 39.5. The standard InChI is InChI=1S/C67H38N4O3/c1-2-16-39(17-3-1)43-23-12-27-53-61(43)51-36-40-18-4-5-19-41(40)38-54(51)71(53)52-35-34-42(37-50(52)44-24-13-31-58-62(44)45-20-6-9-28-55(45)72-58)65-68-66(48-25-14-32-59-63(48)46-21-7-10-29-56(46)73-59)70-67(69-65)49-26-15-33-60-64(49)47-22-8-11-30-57(47)74-60/h1-38H. The lowest BCUT2D eigenvalue weighted by atomic mass is 9.95. The minimum atomic E-state index is 0.524. The van der Waals surface area contributed by atoms with Crippen molar-refractivity contribution in [2.45, 2.75) is 0 Å². The predicted octanol–water partition coefficient (Wildman–Crippen LogP) is 18.2. The van der Waals surface area contributed by atoms with Gasteiger partial charge in [-0.3, -0.25) is 0 Å². The van der Waals surface area contributed by atoms with E-state index < -0.39 is 0 Å². The molecule has 0 saturated carbocycles. The van der Waals surface area contributed by atoms with Crippen LogP contribution in [0, 0.1) is 0 Å². The van der Waals surface area contributed by atoms with Crippen molar-refractivity contribution in [3.05, 3.63) is 231 Å². The van der Waals surface area contributed by atoms with Crippen LogP contribution in [0.1, 0.15) is 0 Å². The molecule has 74 heavy (non-hydrogen) atoms. The van der Waals surface area contributed by atoms with Crippen molar-refractivity contribution in [1.82, 2.24) is 19.5 Å². The molecular weight excluding hydrogens is 909 g/mol. The average molecular weight is 947 g/mol. The number of benzene rings is 11. The second-order valence-electron chi connectivity index (χ2n) is 19.0. The Bertz CT molecular complexity index is 4850. The summed E-state index contributed by atoms with van der Waals surface area (Å²) in [5, 5.41) is 10.7. The smallest absolute Gasteiger partial charge is 0.164 e. The van der Waals surface area contributed by atoms with Gasteiger partial charge in [0, 0.05) is 65.3 Å². The van der Waals surface area contributed by atoms with Crippen LogP contribution in [0.25, 0.3) is 160 Å². The second kappa shape index (κ2) is 15.7. The van der Waals surface area contributed by atoms with Crippen LogP contribution >= 0.6 is 0 Å². The molecule has 16 rings (SSSR count). The highest BCUT2D eigenvalue weighted by Crippen LogP contribution is 2.46. The van der Waals surface area contributed by atoms with Gasteiger partial charge in [-0.05, 0) is 100 Å². The van der Waals surface area contributed by atoms with Gasteiger partial charge >= 0.3 is 0 Å². The van der Waals surface area contributed by atoms with Gasteiger partial charge in [-0.15, -0.1) is 0 Å². The maximum absolute atomic E-state index is 6.61. The van der Waals surface area contributed by atoms with Crippen LogP contribution in [-0.2, 0) is 0 Å². The lowest BCUT2D eigenvalue weighted by Crippen LogP contribution is -2.02. The van der Waals surface area contributed by atoms with E-state index in [2.05, 4.69) is 162 Å². The van der Waals surface area contributed by atoms with E-state index in [1.54, 1.807) is 0 Å². The molecule has 5 heterocycles. The van der Waals surface area contributed by atoms with Gasteiger partial charge in [-0.25, -0.2) is 15.0 Å². The average Bonchev–Trinajstić information content (AvgIpc) is 4.24. The van der Waals surface area contributed by atoms with E-state index in [-0.39, 0.29) is 0 Å². The number of rotatable bonds is 6. The normalized spacial score (nSPS) is 12.1. The summed E-state index contributed by atoms with van der Waals surface area (Å²) in [7, 11) is 0. The summed E-state index contributed by atoms with van der Waals surface area (Å²) in [4.78, 5) is 16.3. The molecule has 7 nitrogen and oxygen atoms in total. The van der Waals surface area contributed by atoms with Gasteiger partial charge in [0.2, 0.25) is 0 Å². The van der Waals surface area contributed by atoms with Crippen LogP contribution in [0.15, 0.2) is 244 Å². The van der Waals surface area contributed by atoms with Crippen LogP contribution in [0.4, 0.5) is 0 Å². The van der Waals surface area contributed by atoms with Crippen molar-refractivity contribution in [3.63, 3.8) is 0 Å². The monoisotopic (exact) mass is 946 g/mol. The Balaban J connectivity index is 1.02. The van der Waals surface area contributed by atoms with E-state index in [0.29, 0.717) is 17.5 Å². The summed E-state index contributed by atoms with van der Waals surface area (Å²) >= 11 is 0. The van der Waals surface area contributed by atoms with Gasteiger partial charge in [0.1, 0.15) is 33.5 Å². The summed E-state index contributed by atoms with van der Waals surface area (Å²) in [5.74, 6) is 1.59. The van der Waals surface area contributed by atoms with Crippen molar-refractivity contribution in [2.24, 2.45) is 0 Å². The molecule has 5 aromatic heterocycles. The zero-order valence-corrected chi connectivity index (χ0v) is 39.5. The number of hydrogen-bond acceptors (Lipinski definition) is 6. The van der Waals surface area contributed by atoms with Crippen LogP contribution < -0.4 is 0 Å². The van der Waals surface area contributed by atoms with Crippen molar-refractivity contribution in [1.29, 1.82) is 0 Å². The Morgan fingerprint density at radius 1 is 0.270 bits per heavy atom. The lowest BCUT2D eigenvalue weighted by molar-refractivity contribution is 0.668. The fourth-order valence-electron chi connectivity index (χ4n) is 11.6. The maximum Gasteiger partial charge on any atom is 0.164 e. The summed E-state index contributed by atoms with van der Waals surface area (Å²) in [6.07, 6.45) is 0. The van der Waals surface area contributed by atoms with Crippen molar-refractivity contribution < 1.29 is 13.3 Å². The van der Waals surface area contributed by atoms with Crippen LogP contribution in [0.2, 0.25) is 0 Å². The molecule has 0 aliphatic rings. The van der Waals surface area contributed by atoms with Gasteiger partial charge in [0.05, 0.1) is 16.7 Å². The van der Waals surface area contributed by atoms with Gasteiger partial charge in [0.15, 0.2) is 17.5 Å². The number of para-hydroxylation sites is 3. The first-order valence-corrected chi connectivity index (χ1v) is 24.8. The van der Waals surface area contributed by atoms with Gasteiger partial charge in [0.25, 0.3) is 0 Å². The van der Waals surface area contributed by atoms with E-state index >= 15 is 0 Å². The van der Waals surface area contributed by atoms with Crippen LogP contribution in [0.3, 0.4) is 0 Å². The van der Waals surface area contributed by atoms with Gasteiger partial charge in [-0.2, -0.15) is 0 Å². The molecule has 344 valence electrons. The largest absolute Gasteiger partial charge is 0.456 e. The van der Waals surface area contributed by atoms with Crippen molar-refractivity contribution >= 4 is 98.4 Å². The number of aromatic nitrogens is 4. The molecule has 16 aromatic rings. The maximum atomic E-state index is 6.61. The number of hydrogen-bond donors (Lipinski definition) is 0. The first-order valence-electron chi connectivity index (χ1n) is 24.8. The number of furan rings is 3. The quantitative estimate of drug-likeness (QED) is 0.165. The summed E-state index contributed by atoms with van der Waals surface area (Å²) in [5.41, 5.74) is 14.8. The Kier molecular flexibility index (Phi) is 8.61. The second-order valence-corrected chi connectivity index (χ2v) is 19.0. The van der Waals surface area contributed by atoms with E-state index in [0.717, 1.165) is 121 Å². The topological polar surface area (TPSA) is 83.0 Å². The molecule has 0 radical (unpaired) electrons. The molecule has 0 amide bonds. The Morgan fingerprint density at radius 2 is 0.743 bits per heavy atom. The lowest BCUT2D eigenvalue weighted by Gasteiger charge is -2.17. The first-order chi connectivity index (χ1) is 36.7. The molecule has 7 heteroatoms. The Morgan fingerprint density at radius 3 is 1.35 bits per heavy atom. The zero-order chi connectivity index (χ0) is 48.4. The highest BCUT2D eigenvalue weighted by atomic mass is 16.3. The minimum Gasteiger partial charge on any atom is -0.456 e. The first kappa shape index (κ1) is 40.6. The van der Waals surface area contributed by atoms with Crippen LogP contribution in [0.5, 0.6) is 0 Å². The van der Waals surface area contributed by atoms with E-state index in [1.165, 1.54) is 21.7 Å². The van der Waals surface area contributed by atoms with Crippen LogP contribution in [-0.4, -0.2) is 19.5 Å². The van der Waals surface area contributed by atoms with E-state index in [1.807, 2.05) is 72.8 Å². The number of fused-ring (bicyclic) bond motifs is 13. The molecule has 0 saturated heterocycles. The molecule has 0 fully saturated rings. The van der Waals surface area contributed by atoms with Crippen molar-refractivity contribution in [3.8, 4) is 62.1 Å². The molecule has 0 bridgehead atoms. The summed E-state index contributed by atoms with van der Waals surface area (Å²) < 4.78 is 21.9. The molecule has 0 unspecified atom stereocenters. The van der Waals surface area contributed by atoms with Gasteiger partial charge < -0.3 is 17.8 Å². The fraction of sp³-hybridized carbons (Fsp3) is 0. The third-order valence-electron chi connectivity index (χ3n) is 14.9. The summed E-state index contributed by atoms with van der Waals surface area (Å²) in [6.45, 7) is 0. The Hall–Kier alpha value is -10.1. The molecule has 0 atom stereocenters. The van der Waals surface area contributed by atoms with E-state index in [9.17, 15) is 0 Å². The third kappa shape index (κ3) is 6.04. The molecule has 0 N–H and O–H groups in total. The van der Waals surface area contributed by atoms with Gasteiger partial charge in [-0.1, -0.05) is 158 Å². The minimum absolute atomic E-state index is 0.524. The molecule has 0 aliphatic carbocycles. The number of nitrogens with zero attached hydrogens (tertiary/aromatic N) is 4. The Labute approximate surface area is 421 Å². The molecule has 0 aliphatic heterocycles. The fourth-order valence-corrected chi connectivity index (χ4v) is 11.6.